The molecule has 0 fully saturated rings. The van der Waals surface area contributed by atoms with E-state index in [1.807, 2.05) is 36.5 Å². The summed E-state index contributed by atoms with van der Waals surface area (Å²) < 4.78 is 3.83. The summed E-state index contributed by atoms with van der Waals surface area (Å²) >= 11 is 0. The van der Waals surface area contributed by atoms with E-state index in [0.29, 0.717) is 17.7 Å². The molecule has 6 aromatic rings. The van der Waals surface area contributed by atoms with Gasteiger partial charge in [-0.15, -0.1) is 0 Å². The molecule has 0 saturated carbocycles. The molecule has 0 saturated heterocycles. The molecule has 0 atom stereocenters. The zero-order valence-corrected chi connectivity index (χ0v) is 22.6. The predicted octanol–water partition coefficient (Wildman–Crippen LogP) is 4.52. The first kappa shape index (κ1) is 27.2. The summed E-state index contributed by atoms with van der Waals surface area (Å²) in [7, 11) is 1.50. The molecule has 0 unspecified atom stereocenters. The predicted molar refractivity (Wildman–Crippen MR) is 159 cm³/mol. The van der Waals surface area contributed by atoms with Crippen molar-refractivity contribution in [2.75, 3.05) is 12.8 Å². The van der Waals surface area contributed by atoms with E-state index in [4.69, 9.17) is 20.8 Å². The molecule has 1 aliphatic carbocycles. The minimum Gasteiger partial charge on any atom is -0.508 e. The van der Waals surface area contributed by atoms with Gasteiger partial charge in [0.1, 0.15) is 23.4 Å². The molecule has 4 aromatic heterocycles. The number of carbonyl (C=O) groups is 1. The average Bonchev–Trinajstić information content (AvgIpc) is 3.78. The second-order valence-electron chi connectivity index (χ2n) is 9.19. The van der Waals surface area contributed by atoms with E-state index in [1.165, 1.54) is 36.7 Å². The van der Waals surface area contributed by atoms with Gasteiger partial charge in [-0.05, 0) is 92.0 Å². The molecule has 2 aromatic carbocycles. The molecule has 0 radical (unpaired) electrons. The Morgan fingerprint density at radius 1 is 0.902 bits per heavy atom. The van der Waals surface area contributed by atoms with Crippen LogP contribution in [0.15, 0.2) is 91.4 Å². The number of aldehydes is 1. The Bertz CT molecular complexity index is 1790. The number of hydrogen-bond acceptors (Lipinski definition) is 8. The van der Waals surface area contributed by atoms with Crippen LogP contribution >= 0.6 is 0 Å². The van der Waals surface area contributed by atoms with Crippen molar-refractivity contribution in [3.8, 4) is 28.6 Å². The second kappa shape index (κ2) is 12.2. The molecule has 10 heteroatoms. The third-order valence-electron chi connectivity index (χ3n) is 6.65. The van der Waals surface area contributed by atoms with Crippen molar-refractivity contribution in [2.24, 2.45) is 5.73 Å². The number of nitrogen functional groups attached to an aromatic ring is 1. The van der Waals surface area contributed by atoms with E-state index in [9.17, 15) is 4.79 Å². The van der Waals surface area contributed by atoms with Gasteiger partial charge >= 0.3 is 0 Å². The molecule has 0 bridgehead atoms. The van der Waals surface area contributed by atoms with E-state index < -0.39 is 0 Å². The number of anilines is 1. The Kier molecular flexibility index (Phi) is 8.12. The van der Waals surface area contributed by atoms with Gasteiger partial charge in [0.15, 0.2) is 17.3 Å². The Hall–Kier alpha value is -5.35. The summed E-state index contributed by atoms with van der Waals surface area (Å²) in [6, 6.07) is 22.4. The van der Waals surface area contributed by atoms with E-state index in [2.05, 4.69) is 38.6 Å². The highest BCUT2D eigenvalue weighted by atomic mass is 16.3. The maximum Gasteiger partial charge on any atom is 0.167 e. The summed E-state index contributed by atoms with van der Waals surface area (Å²) in [4.78, 5) is 24.1. The molecule has 7 rings (SSSR count). The summed E-state index contributed by atoms with van der Waals surface area (Å²) in [5, 5.41) is 13.1. The normalized spacial score (nSPS) is 11.7. The zero-order chi connectivity index (χ0) is 28.8. The van der Waals surface area contributed by atoms with Crippen molar-refractivity contribution in [1.82, 2.24) is 29.3 Å². The zero-order valence-electron chi connectivity index (χ0n) is 22.6. The molecule has 1 aliphatic rings. The molecule has 206 valence electrons. The van der Waals surface area contributed by atoms with Crippen molar-refractivity contribution in [1.29, 1.82) is 0 Å². The lowest BCUT2D eigenvalue weighted by Gasteiger charge is -2.12. The SMILES string of the molecule is CN.Nc1ncccc1-c1nc2ccc(-n3cccn3)nc2n1-c1ccc2c(c1)CCC2.O=Cc1cccc(O)c1. The molecule has 0 aliphatic heterocycles. The lowest BCUT2D eigenvalue weighted by atomic mass is 10.1. The summed E-state index contributed by atoms with van der Waals surface area (Å²) in [6.07, 6.45) is 9.45. The number of rotatable bonds is 4. The maximum absolute atomic E-state index is 10.0. The Morgan fingerprint density at radius 3 is 2.49 bits per heavy atom. The Labute approximate surface area is 236 Å². The fourth-order valence-corrected chi connectivity index (χ4v) is 4.81. The molecule has 0 amide bonds. The molecular weight excluding hydrogens is 516 g/mol. The summed E-state index contributed by atoms with van der Waals surface area (Å²) in [6.45, 7) is 0. The number of hydrogen-bond donors (Lipinski definition) is 3. The van der Waals surface area contributed by atoms with Crippen LogP contribution in [0.2, 0.25) is 0 Å². The largest absolute Gasteiger partial charge is 0.508 e. The van der Waals surface area contributed by atoms with Crippen LogP contribution in [0.3, 0.4) is 0 Å². The number of aryl methyl sites for hydroxylation is 2. The van der Waals surface area contributed by atoms with Gasteiger partial charge in [-0.2, -0.15) is 5.10 Å². The quantitative estimate of drug-likeness (QED) is 0.273. The molecule has 5 N–H and O–H groups in total. The van der Waals surface area contributed by atoms with Crippen LogP contribution in [0.4, 0.5) is 5.82 Å². The smallest absolute Gasteiger partial charge is 0.167 e. The number of imidazole rings is 1. The number of aromatic hydroxyl groups is 1. The van der Waals surface area contributed by atoms with Crippen molar-refractivity contribution in [2.45, 2.75) is 19.3 Å². The number of nitrogens with two attached hydrogens (primary N) is 2. The number of pyridine rings is 2. The van der Waals surface area contributed by atoms with E-state index in [1.54, 1.807) is 29.2 Å². The highest BCUT2D eigenvalue weighted by Gasteiger charge is 2.20. The van der Waals surface area contributed by atoms with Crippen LogP contribution in [0.25, 0.3) is 34.1 Å². The highest BCUT2D eigenvalue weighted by molar-refractivity contribution is 5.83. The fraction of sp³-hybridized carbons (Fsp3) is 0.129. The summed E-state index contributed by atoms with van der Waals surface area (Å²) in [5.41, 5.74) is 17.4. The number of carbonyl (C=O) groups excluding carboxylic acids is 1. The second-order valence-corrected chi connectivity index (χ2v) is 9.19. The van der Waals surface area contributed by atoms with Gasteiger partial charge in [0.05, 0.1) is 5.56 Å². The lowest BCUT2D eigenvalue weighted by Crippen LogP contribution is -2.04. The van der Waals surface area contributed by atoms with Gasteiger partial charge in [-0.3, -0.25) is 9.36 Å². The van der Waals surface area contributed by atoms with Crippen LogP contribution in [0.5, 0.6) is 5.75 Å². The molecule has 41 heavy (non-hydrogen) atoms. The Morgan fingerprint density at radius 2 is 1.76 bits per heavy atom. The first-order valence-electron chi connectivity index (χ1n) is 13.2. The van der Waals surface area contributed by atoms with Crippen LogP contribution < -0.4 is 11.5 Å². The van der Waals surface area contributed by atoms with Crippen molar-refractivity contribution in [3.63, 3.8) is 0 Å². The minimum atomic E-state index is 0.125. The third-order valence-corrected chi connectivity index (χ3v) is 6.65. The Balaban J connectivity index is 0.000000262. The van der Waals surface area contributed by atoms with E-state index in [0.717, 1.165) is 46.9 Å². The minimum absolute atomic E-state index is 0.125. The van der Waals surface area contributed by atoms with Gasteiger partial charge in [0.2, 0.25) is 0 Å². The molecule has 10 nitrogen and oxygen atoms in total. The van der Waals surface area contributed by atoms with Crippen molar-refractivity contribution in [3.05, 3.63) is 108 Å². The van der Waals surface area contributed by atoms with Crippen LogP contribution in [-0.4, -0.2) is 47.7 Å². The molecule has 4 heterocycles. The number of fused-ring (bicyclic) bond motifs is 2. The first-order valence-corrected chi connectivity index (χ1v) is 13.2. The number of nitrogens with zero attached hydrogens (tertiary/aromatic N) is 6. The molecule has 0 spiro atoms. The number of benzene rings is 2. The van der Waals surface area contributed by atoms with Gasteiger partial charge in [0, 0.05) is 29.8 Å². The summed E-state index contributed by atoms with van der Waals surface area (Å²) in [5.74, 6) is 2.04. The highest BCUT2D eigenvalue weighted by Crippen LogP contribution is 2.32. The monoisotopic (exact) mass is 546 g/mol. The maximum atomic E-state index is 10.0. The fourth-order valence-electron chi connectivity index (χ4n) is 4.81. The molecular formula is C31H30N8O2. The van der Waals surface area contributed by atoms with Crippen LogP contribution in [0, 0.1) is 0 Å². The van der Waals surface area contributed by atoms with Crippen molar-refractivity contribution < 1.29 is 9.90 Å². The van der Waals surface area contributed by atoms with Gasteiger partial charge < -0.3 is 16.6 Å². The van der Waals surface area contributed by atoms with E-state index in [-0.39, 0.29) is 5.75 Å². The lowest BCUT2D eigenvalue weighted by molar-refractivity contribution is 0.112. The number of phenolic OH excluding ortho intramolecular Hbond substituents is 1. The van der Waals surface area contributed by atoms with Crippen LogP contribution in [-0.2, 0) is 12.8 Å². The number of aromatic nitrogens is 6. The topological polar surface area (TPSA) is 151 Å². The van der Waals surface area contributed by atoms with Crippen molar-refractivity contribution >= 4 is 23.3 Å². The third kappa shape index (κ3) is 5.68. The first-order chi connectivity index (χ1) is 20.1. The van der Waals surface area contributed by atoms with Crippen LogP contribution in [0.1, 0.15) is 27.9 Å². The van der Waals surface area contributed by atoms with Gasteiger partial charge in [-0.1, -0.05) is 18.2 Å². The van der Waals surface area contributed by atoms with E-state index >= 15 is 0 Å². The van der Waals surface area contributed by atoms with Gasteiger partial charge in [-0.25, -0.2) is 19.6 Å². The van der Waals surface area contributed by atoms with Gasteiger partial charge in [0.25, 0.3) is 0 Å². The number of phenols is 1. The standard InChI is InChI=1S/C23H19N7.C7H6O2.CH5N/c24-21-18(6-2-11-25-21)22-27-19-9-10-20(29-13-3-12-26-29)28-23(19)30(22)17-8-7-15-4-1-5-16(15)14-17;8-5-6-2-1-3-7(9)4-6;1-2/h2-3,6-14H,1,4-5H2,(H2,24,25);1-5,9H;2H2,1H3. The average molecular weight is 547 g/mol.